The van der Waals surface area contributed by atoms with E-state index in [9.17, 15) is 0 Å². The molecule has 2 nitrogen and oxygen atoms in total. The molecular formula is C12H27NOSi. The quantitative estimate of drug-likeness (QED) is 0.707. The summed E-state index contributed by atoms with van der Waals surface area (Å²) in [7, 11) is -1.33. The third-order valence-electron chi connectivity index (χ3n) is 3.30. The fourth-order valence-corrected chi connectivity index (χ4v) is 4.10. The molecule has 1 rings (SSSR count). The van der Waals surface area contributed by atoms with E-state index >= 15 is 0 Å². The van der Waals surface area contributed by atoms with Gasteiger partial charge in [-0.25, -0.2) is 0 Å². The smallest absolute Gasteiger partial charge is 0.186 e. The SMILES string of the molecule is CCCC[Si](C)(C)OCC1CCNCC1. The van der Waals surface area contributed by atoms with Crippen LogP contribution in [0.2, 0.25) is 19.1 Å². The van der Waals surface area contributed by atoms with Gasteiger partial charge in [-0.15, -0.1) is 0 Å². The molecule has 0 spiro atoms. The van der Waals surface area contributed by atoms with Crippen molar-refractivity contribution in [3.63, 3.8) is 0 Å². The molecule has 1 aliphatic heterocycles. The lowest BCUT2D eigenvalue weighted by Gasteiger charge is -2.28. The van der Waals surface area contributed by atoms with E-state index in [0.29, 0.717) is 0 Å². The van der Waals surface area contributed by atoms with Crippen LogP contribution in [0.3, 0.4) is 0 Å². The molecule has 0 bridgehead atoms. The van der Waals surface area contributed by atoms with Gasteiger partial charge in [0, 0.05) is 6.61 Å². The van der Waals surface area contributed by atoms with E-state index in [-0.39, 0.29) is 0 Å². The summed E-state index contributed by atoms with van der Waals surface area (Å²) in [6, 6.07) is 1.33. The van der Waals surface area contributed by atoms with Crippen LogP contribution in [0.15, 0.2) is 0 Å². The van der Waals surface area contributed by atoms with Crippen molar-refractivity contribution in [3.05, 3.63) is 0 Å². The molecule has 0 amide bonds. The monoisotopic (exact) mass is 229 g/mol. The standard InChI is InChI=1S/C12H27NOSi/c1-4-5-10-15(2,3)14-11-12-6-8-13-9-7-12/h12-13H,4-11H2,1-3H3. The van der Waals surface area contributed by atoms with Gasteiger partial charge in [-0.3, -0.25) is 0 Å². The molecule has 0 atom stereocenters. The third-order valence-corrected chi connectivity index (χ3v) is 5.81. The maximum absolute atomic E-state index is 6.18. The first-order chi connectivity index (χ1) is 7.14. The van der Waals surface area contributed by atoms with E-state index in [1.165, 1.54) is 44.8 Å². The fraction of sp³-hybridized carbons (Fsp3) is 1.00. The molecule has 0 aromatic carbocycles. The molecule has 0 aliphatic carbocycles. The van der Waals surface area contributed by atoms with Crippen molar-refractivity contribution in [1.29, 1.82) is 0 Å². The molecule has 1 aliphatic rings. The van der Waals surface area contributed by atoms with Gasteiger partial charge in [-0.1, -0.05) is 19.8 Å². The van der Waals surface area contributed by atoms with E-state index in [2.05, 4.69) is 25.3 Å². The van der Waals surface area contributed by atoms with E-state index in [1.54, 1.807) is 0 Å². The average Bonchev–Trinajstić information content (AvgIpc) is 2.25. The summed E-state index contributed by atoms with van der Waals surface area (Å²) >= 11 is 0. The van der Waals surface area contributed by atoms with Crippen LogP contribution in [-0.2, 0) is 4.43 Å². The van der Waals surface area contributed by atoms with Gasteiger partial charge < -0.3 is 9.74 Å². The van der Waals surface area contributed by atoms with Crippen molar-refractivity contribution in [2.45, 2.75) is 51.7 Å². The number of rotatable bonds is 6. The minimum Gasteiger partial charge on any atom is -0.417 e. The van der Waals surface area contributed by atoms with Crippen LogP contribution >= 0.6 is 0 Å². The van der Waals surface area contributed by atoms with Gasteiger partial charge >= 0.3 is 0 Å². The second-order valence-electron chi connectivity index (χ2n) is 5.37. The van der Waals surface area contributed by atoms with Crippen LogP contribution < -0.4 is 5.32 Å². The zero-order valence-electron chi connectivity index (χ0n) is 10.6. The number of unbranched alkanes of at least 4 members (excludes halogenated alkanes) is 1. The Balaban J connectivity index is 2.15. The summed E-state index contributed by atoms with van der Waals surface area (Å²) in [4.78, 5) is 0. The molecular weight excluding hydrogens is 202 g/mol. The Hall–Kier alpha value is 0.137. The Morgan fingerprint density at radius 1 is 1.27 bits per heavy atom. The van der Waals surface area contributed by atoms with Crippen molar-refractivity contribution in [2.75, 3.05) is 19.7 Å². The van der Waals surface area contributed by atoms with Crippen LogP contribution in [-0.4, -0.2) is 28.0 Å². The molecule has 3 heteroatoms. The van der Waals surface area contributed by atoms with Gasteiger partial charge in [0.15, 0.2) is 8.32 Å². The summed E-state index contributed by atoms with van der Waals surface area (Å²) in [5.74, 6) is 0.819. The largest absolute Gasteiger partial charge is 0.417 e. The molecule has 0 unspecified atom stereocenters. The number of nitrogens with one attached hydrogen (secondary N) is 1. The highest BCUT2D eigenvalue weighted by molar-refractivity contribution is 6.71. The van der Waals surface area contributed by atoms with Gasteiger partial charge in [0.05, 0.1) is 0 Å². The molecule has 0 saturated carbocycles. The van der Waals surface area contributed by atoms with Crippen LogP contribution in [0.25, 0.3) is 0 Å². The van der Waals surface area contributed by atoms with Crippen LogP contribution in [0, 0.1) is 5.92 Å². The molecule has 0 aromatic heterocycles. The maximum atomic E-state index is 6.18. The molecule has 1 saturated heterocycles. The van der Waals surface area contributed by atoms with E-state index in [0.717, 1.165) is 12.5 Å². The topological polar surface area (TPSA) is 21.3 Å². The van der Waals surface area contributed by atoms with E-state index in [1.807, 2.05) is 0 Å². The second-order valence-corrected chi connectivity index (χ2v) is 9.68. The highest BCUT2D eigenvalue weighted by Gasteiger charge is 2.23. The Kier molecular flexibility index (Phi) is 5.86. The minimum atomic E-state index is -1.33. The van der Waals surface area contributed by atoms with E-state index < -0.39 is 8.32 Å². The number of hydrogen-bond acceptors (Lipinski definition) is 2. The lowest BCUT2D eigenvalue weighted by Crippen LogP contribution is -2.36. The Morgan fingerprint density at radius 3 is 2.53 bits per heavy atom. The molecule has 1 fully saturated rings. The number of hydrogen-bond donors (Lipinski definition) is 1. The van der Waals surface area contributed by atoms with Crippen molar-refractivity contribution >= 4 is 8.32 Å². The zero-order chi connectivity index (χ0) is 11.1. The third kappa shape index (κ3) is 5.69. The van der Waals surface area contributed by atoms with Gasteiger partial charge in [-0.05, 0) is 51.0 Å². The highest BCUT2D eigenvalue weighted by Crippen LogP contribution is 2.19. The minimum absolute atomic E-state index is 0.819. The fourth-order valence-electron chi connectivity index (χ4n) is 2.07. The predicted octanol–water partition coefficient (Wildman–Crippen LogP) is 3.01. The first-order valence-electron chi connectivity index (χ1n) is 6.49. The van der Waals surface area contributed by atoms with Gasteiger partial charge in [-0.2, -0.15) is 0 Å². The molecule has 1 N–H and O–H groups in total. The van der Waals surface area contributed by atoms with Crippen LogP contribution in [0.1, 0.15) is 32.6 Å². The van der Waals surface area contributed by atoms with Gasteiger partial charge in [0.25, 0.3) is 0 Å². The first-order valence-corrected chi connectivity index (χ1v) is 9.60. The van der Waals surface area contributed by atoms with Crippen molar-refractivity contribution in [1.82, 2.24) is 5.32 Å². The first kappa shape index (κ1) is 13.2. The van der Waals surface area contributed by atoms with Crippen molar-refractivity contribution in [2.24, 2.45) is 5.92 Å². The lowest BCUT2D eigenvalue weighted by molar-refractivity contribution is 0.207. The molecule has 0 radical (unpaired) electrons. The highest BCUT2D eigenvalue weighted by atomic mass is 28.4. The maximum Gasteiger partial charge on any atom is 0.186 e. The molecule has 0 aromatic rings. The van der Waals surface area contributed by atoms with Crippen molar-refractivity contribution < 1.29 is 4.43 Å². The van der Waals surface area contributed by atoms with Crippen molar-refractivity contribution in [3.8, 4) is 0 Å². The summed E-state index contributed by atoms with van der Waals surface area (Å²) in [6.45, 7) is 10.4. The Labute approximate surface area is 95.9 Å². The predicted molar refractivity (Wildman–Crippen MR) is 68.7 cm³/mol. The Morgan fingerprint density at radius 2 is 1.93 bits per heavy atom. The second kappa shape index (κ2) is 6.66. The molecule has 90 valence electrons. The average molecular weight is 229 g/mol. The lowest BCUT2D eigenvalue weighted by atomic mass is 10.00. The Bertz CT molecular complexity index is 167. The zero-order valence-corrected chi connectivity index (χ0v) is 11.6. The van der Waals surface area contributed by atoms with Crippen LogP contribution in [0.4, 0.5) is 0 Å². The number of piperidine rings is 1. The summed E-state index contributed by atoms with van der Waals surface area (Å²) in [5, 5.41) is 3.40. The van der Waals surface area contributed by atoms with Gasteiger partial charge in [0.1, 0.15) is 0 Å². The van der Waals surface area contributed by atoms with E-state index in [4.69, 9.17) is 4.43 Å². The van der Waals surface area contributed by atoms with Crippen LogP contribution in [0.5, 0.6) is 0 Å². The summed E-state index contributed by atoms with van der Waals surface area (Å²) in [6.07, 6.45) is 5.25. The molecule has 15 heavy (non-hydrogen) atoms. The summed E-state index contributed by atoms with van der Waals surface area (Å²) < 4.78 is 6.18. The molecule has 1 heterocycles. The van der Waals surface area contributed by atoms with Gasteiger partial charge in [0.2, 0.25) is 0 Å². The summed E-state index contributed by atoms with van der Waals surface area (Å²) in [5.41, 5.74) is 0. The normalized spacial score (nSPS) is 19.4.